The van der Waals surface area contributed by atoms with Gasteiger partial charge in [0.2, 0.25) is 0 Å². The first kappa shape index (κ1) is 15.1. The molecule has 2 aromatic carbocycles. The largest absolute Gasteiger partial charge is 0.381 e. The molecule has 2 nitrogen and oxygen atoms in total. The molecule has 0 spiro atoms. The Morgan fingerprint density at radius 2 is 1.59 bits per heavy atom. The van der Waals surface area contributed by atoms with Crippen LogP contribution in [0.4, 0.5) is 5.69 Å². The fourth-order valence-corrected chi connectivity index (χ4v) is 3.39. The molecule has 0 aromatic heterocycles. The van der Waals surface area contributed by atoms with E-state index in [-0.39, 0.29) is 6.04 Å². The summed E-state index contributed by atoms with van der Waals surface area (Å²) in [5, 5.41) is 3.47. The summed E-state index contributed by atoms with van der Waals surface area (Å²) in [6.07, 6.45) is 6.64. The summed E-state index contributed by atoms with van der Waals surface area (Å²) in [6, 6.07) is 19.3. The average Bonchev–Trinajstić information content (AvgIpc) is 2.61. The fraction of sp³-hybridized carbons (Fsp3) is 0.400. The van der Waals surface area contributed by atoms with Crippen LogP contribution in [0.1, 0.15) is 49.3 Å². The quantitative estimate of drug-likeness (QED) is 0.825. The van der Waals surface area contributed by atoms with E-state index < -0.39 is 0 Å². The molecule has 0 bridgehead atoms. The average molecular weight is 294 g/mol. The second kappa shape index (κ2) is 7.46. The Labute approximate surface area is 133 Å². The first-order chi connectivity index (χ1) is 10.8. The van der Waals surface area contributed by atoms with Gasteiger partial charge in [0.25, 0.3) is 0 Å². The zero-order valence-electron chi connectivity index (χ0n) is 13.2. The van der Waals surface area contributed by atoms with Crippen molar-refractivity contribution in [1.82, 2.24) is 0 Å². The first-order valence-corrected chi connectivity index (χ1v) is 8.46. The highest BCUT2D eigenvalue weighted by Gasteiger charge is 2.21. The third kappa shape index (κ3) is 3.89. The highest BCUT2D eigenvalue weighted by atomic mass is 14.9. The normalized spacial score (nSPS) is 17.1. The van der Waals surface area contributed by atoms with Gasteiger partial charge < -0.3 is 11.1 Å². The van der Waals surface area contributed by atoms with Gasteiger partial charge in [0, 0.05) is 18.3 Å². The van der Waals surface area contributed by atoms with Crippen molar-refractivity contribution in [2.45, 2.75) is 44.7 Å². The minimum Gasteiger partial charge on any atom is -0.381 e. The summed E-state index contributed by atoms with van der Waals surface area (Å²) in [6.45, 7) is 0.856. The Kier molecular flexibility index (Phi) is 5.12. The maximum absolute atomic E-state index is 6.46. The van der Waals surface area contributed by atoms with Crippen molar-refractivity contribution in [2.75, 3.05) is 5.32 Å². The minimum atomic E-state index is 0.198. The molecular formula is C20H26N2. The molecule has 0 heterocycles. The van der Waals surface area contributed by atoms with E-state index in [1.807, 2.05) is 6.07 Å². The molecule has 0 aliphatic heterocycles. The maximum Gasteiger partial charge on any atom is 0.0400 e. The predicted molar refractivity (Wildman–Crippen MR) is 93.7 cm³/mol. The van der Waals surface area contributed by atoms with Gasteiger partial charge in [-0.15, -0.1) is 0 Å². The van der Waals surface area contributed by atoms with Crippen LogP contribution in [0.5, 0.6) is 0 Å². The lowest BCUT2D eigenvalue weighted by atomic mass is 9.81. The smallest absolute Gasteiger partial charge is 0.0400 e. The van der Waals surface area contributed by atoms with Crippen LogP contribution in [0.25, 0.3) is 0 Å². The lowest BCUT2D eigenvalue weighted by molar-refractivity contribution is 0.308. The maximum atomic E-state index is 6.46. The molecule has 2 heteroatoms. The molecule has 1 fully saturated rings. The second-order valence-corrected chi connectivity index (χ2v) is 6.39. The Hall–Kier alpha value is -1.80. The highest BCUT2D eigenvalue weighted by molar-refractivity contribution is 5.45. The van der Waals surface area contributed by atoms with Crippen molar-refractivity contribution in [3.8, 4) is 0 Å². The van der Waals surface area contributed by atoms with Crippen LogP contribution in [0.15, 0.2) is 54.6 Å². The van der Waals surface area contributed by atoms with E-state index in [1.165, 1.54) is 43.2 Å². The van der Waals surface area contributed by atoms with Crippen molar-refractivity contribution >= 4 is 5.69 Å². The highest BCUT2D eigenvalue weighted by Crippen LogP contribution is 2.33. The van der Waals surface area contributed by atoms with Crippen LogP contribution in [0.3, 0.4) is 0 Å². The standard InChI is InChI=1S/C20H26N2/c21-20(17-9-5-2-6-10-17)18-11-13-19(14-12-18)22-15-16-7-3-1-4-8-16/h1,3-4,7-8,11-14,17,20,22H,2,5-6,9-10,15,21H2/t20-/m0/s1. The number of benzene rings is 2. The van der Waals surface area contributed by atoms with Crippen molar-refractivity contribution < 1.29 is 0 Å². The molecule has 0 saturated heterocycles. The SMILES string of the molecule is N[C@H](c1ccc(NCc2ccccc2)cc1)C1CCCCC1. The van der Waals surface area contributed by atoms with Crippen molar-refractivity contribution in [3.63, 3.8) is 0 Å². The molecule has 0 radical (unpaired) electrons. The summed E-state index contributed by atoms with van der Waals surface area (Å²) in [5.74, 6) is 0.664. The monoisotopic (exact) mass is 294 g/mol. The van der Waals surface area contributed by atoms with Gasteiger partial charge in [-0.05, 0) is 42.0 Å². The third-order valence-electron chi connectivity index (χ3n) is 4.79. The number of hydrogen-bond acceptors (Lipinski definition) is 2. The van der Waals surface area contributed by atoms with Gasteiger partial charge in [-0.3, -0.25) is 0 Å². The van der Waals surface area contributed by atoms with E-state index in [2.05, 4.69) is 53.8 Å². The third-order valence-corrected chi connectivity index (χ3v) is 4.79. The molecule has 1 atom stereocenters. The Morgan fingerprint density at radius 1 is 0.909 bits per heavy atom. The van der Waals surface area contributed by atoms with Gasteiger partial charge in [0.05, 0.1) is 0 Å². The summed E-state index contributed by atoms with van der Waals surface area (Å²) < 4.78 is 0. The van der Waals surface area contributed by atoms with E-state index >= 15 is 0 Å². The molecule has 1 saturated carbocycles. The van der Waals surface area contributed by atoms with E-state index in [9.17, 15) is 0 Å². The van der Waals surface area contributed by atoms with Crippen molar-refractivity contribution in [2.24, 2.45) is 11.7 Å². The summed E-state index contributed by atoms with van der Waals surface area (Å²) in [5.41, 5.74) is 10.2. The Balaban J connectivity index is 1.57. The molecule has 1 aliphatic rings. The molecule has 0 amide bonds. The topological polar surface area (TPSA) is 38.0 Å². The zero-order chi connectivity index (χ0) is 15.2. The summed E-state index contributed by atoms with van der Waals surface area (Å²) in [7, 11) is 0. The van der Waals surface area contributed by atoms with Crippen molar-refractivity contribution in [1.29, 1.82) is 0 Å². The Bertz CT molecular complexity index is 556. The number of hydrogen-bond donors (Lipinski definition) is 2. The number of nitrogens with two attached hydrogens (primary N) is 1. The molecule has 1 aliphatic carbocycles. The van der Waals surface area contributed by atoms with Crippen LogP contribution < -0.4 is 11.1 Å². The molecular weight excluding hydrogens is 268 g/mol. The van der Waals surface area contributed by atoms with Gasteiger partial charge in [0.1, 0.15) is 0 Å². The molecule has 116 valence electrons. The summed E-state index contributed by atoms with van der Waals surface area (Å²) >= 11 is 0. The molecule has 3 N–H and O–H groups in total. The minimum absolute atomic E-state index is 0.198. The molecule has 22 heavy (non-hydrogen) atoms. The number of rotatable bonds is 5. The molecule has 0 unspecified atom stereocenters. The summed E-state index contributed by atoms with van der Waals surface area (Å²) in [4.78, 5) is 0. The van der Waals surface area contributed by atoms with Crippen LogP contribution in [-0.2, 0) is 6.54 Å². The molecule has 2 aromatic rings. The second-order valence-electron chi connectivity index (χ2n) is 6.39. The first-order valence-electron chi connectivity index (χ1n) is 8.46. The lowest BCUT2D eigenvalue weighted by Crippen LogP contribution is -2.23. The van der Waals surface area contributed by atoms with E-state index in [1.54, 1.807) is 0 Å². The number of nitrogens with one attached hydrogen (secondary N) is 1. The van der Waals surface area contributed by atoms with Gasteiger partial charge in [-0.1, -0.05) is 61.7 Å². The Morgan fingerprint density at radius 3 is 2.27 bits per heavy atom. The van der Waals surface area contributed by atoms with E-state index in [4.69, 9.17) is 5.73 Å². The fourth-order valence-electron chi connectivity index (χ4n) is 3.39. The van der Waals surface area contributed by atoms with Crippen LogP contribution in [0.2, 0.25) is 0 Å². The van der Waals surface area contributed by atoms with E-state index in [0.29, 0.717) is 5.92 Å². The van der Waals surface area contributed by atoms with Gasteiger partial charge >= 0.3 is 0 Å². The van der Waals surface area contributed by atoms with Crippen LogP contribution >= 0.6 is 0 Å². The predicted octanol–water partition coefficient (Wildman–Crippen LogP) is 4.88. The molecule has 3 rings (SSSR count). The number of anilines is 1. The van der Waals surface area contributed by atoms with Gasteiger partial charge in [-0.25, -0.2) is 0 Å². The van der Waals surface area contributed by atoms with Crippen LogP contribution in [0, 0.1) is 5.92 Å². The van der Waals surface area contributed by atoms with Crippen LogP contribution in [-0.4, -0.2) is 0 Å². The van der Waals surface area contributed by atoms with Gasteiger partial charge in [-0.2, -0.15) is 0 Å². The lowest BCUT2D eigenvalue weighted by Gasteiger charge is -2.27. The van der Waals surface area contributed by atoms with E-state index in [0.717, 1.165) is 12.2 Å². The van der Waals surface area contributed by atoms with Crippen molar-refractivity contribution in [3.05, 3.63) is 65.7 Å². The van der Waals surface area contributed by atoms with Gasteiger partial charge in [0.15, 0.2) is 0 Å². The zero-order valence-corrected chi connectivity index (χ0v) is 13.2.